The van der Waals surface area contributed by atoms with E-state index in [-0.39, 0.29) is 17.2 Å². The number of nitrogen functional groups attached to an aromatic ring is 1. The summed E-state index contributed by atoms with van der Waals surface area (Å²) in [5.74, 6) is 0.231. The Morgan fingerprint density at radius 3 is 2.41 bits per heavy atom. The second kappa shape index (κ2) is 9.26. The van der Waals surface area contributed by atoms with Gasteiger partial charge in [-0.1, -0.05) is 19.8 Å². The van der Waals surface area contributed by atoms with Gasteiger partial charge in [0.1, 0.15) is 5.52 Å². The molecule has 0 bridgehead atoms. The second-order valence-corrected chi connectivity index (χ2v) is 9.12. The maximum absolute atomic E-state index is 12.5. The molecule has 1 aliphatic heterocycles. The molecule has 3 rings (SSSR count). The van der Waals surface area contributed by atoms with Crippen LogP contribution in [-0.4, -0.2) is 67.6 Å². The summed E-state index contributed by atoms with van der Waals surface area (Å²) in [6, 6.07) is 0. The molecule has 8 nitrogen and oxygen atoms in total. The van der Waals surface area contributed by atoms with E-state index < -0.39 is 0 Å². The molecular formula is C21H37N7O. The Bertz CT molecular complexity index is 856. The highest BCUT2D eigenvalue weighted by atomic mass is 16.1. The number of aromatic nitrogens is 4. The van der Waals surface area contributed by atoms with Crippen molar-refractivity contribution in [2.24, 2.45) is 0 Å². The summed E-state index contributed by atoms with van der Waals surface area (Å²) in [6.45, 7) is 15.1. The van der Waals surface area contributed by atoms with Gasteiger partial charge in [0.05, 0.1) is 5.69 Å². The Labute approximate surface area is 173 Å². The van der Waals surface area contributed by atoms with E-state index in [2.05, 4.69) is 52.4 Å². The Morgan fingerprint density at radius 1 is 1.03 bits per heavy atom. The number of nitrogens with zero attached hydrogens (tertiary/aromatic N) is 5. The maximum Gasteiger partial charge on any atom is 0.327 e. The van der Waals surface area contributed by atoms with Crippen LogP contribution in [0, 0.1) is 0 Å². The van der Waals surface area contributed by atoms with Crippen LogP contribution < -0.4 is 11.4 Å². The van der Waals surface area contributed by atoms with Gasteiger partial charge in [0.15, 0.2) is 5.65 Å². The molecule has 1 aliphatic rings. The van der Waals surface area contributed by atoms with Gasteiger partial charge in [-0.2, -0.15) is 4.98 Å². The van der Waals surface area contributed by atoms with Gasteiger partial charge in [0, 0.05) is 38.3 Å². The van der Waals surface area contributed by atoms with Crippen molar-refractivity contribution in [3.8, 4) is 0 Å². The molecule has 0 aliphatic carbocycles. The molecule has 3 heterocycles. The van der Waals surface area contributed by atoms with Crippen molar-refractivity contribution >= 4 is 17.1 Å². The van der Waals surface area contributed by atoms with E-state index >= 15 is 0 Å². The minimum Gasteiger partial charge on any atom is -0.368 e. The van der Waals surface area contributed by atoms with Crippen molar-refractivity contribution in [1.82, 2.24) is 29.3 Å². The number of hydrogen-bond donors (Lipinski definition) is 2. The molecule has 1 fully saturated rings. The van der Waals surface area contributed by atoms with Crippen LogP contribution in [0.4, 0.5) is 5.95 Å². The first-order valence-corrected chi connectivity index (χ1v) is 11.0. The summed E-state index contributed by atoms with van der Waals surface area (Å²) < 4.78 is 1.81. The number of rotatable bonds is 8. The first kappa shape index (κ1) is 21.8. The molecule has 1 saturated heterocycles. The fourth-order valence-electron chi connectivity index (χ4n) is 4.19. The van der Waals surface area contributed by atoms with E-state index in [9.17, 15) is 4.79 Å². The van der Waals surface area contributed by atoms with Crippen molar-refractivity contribution in [2.75, 3.05) is 38.5 Å². The molecule has 0 unspecified atom stereocenters. The van der Waals surface area contributed by atoms with E-state index in [1.165, 1.54) is 0 Å². The topological polar surface area (TPSA) is 96.1 Å². The number of nitrogens with one attached hydrogen (secondary N) is 1. The van der Waals surface area contributed by atoms with Gasteiger partial charge in [-0.3, -0.25) is 14.5 Å². The third-order valence-corrected chi connectivity index (χ3v) is 5.91. The molecule has 0 spiro atoms. The molecule has 0 atom stereocenters. The second-order valence-electron chi connectivity index (χ2n) is 9.12. The summed E-state index contributed by atoms with van der Waals surface area (Å²) in [7, 11) is 0. The molecule has 3 N–H and O–H groups in total. The monoisotopic (exact) mass is 403 g/mol. The number of nitrogens with two attached hydrogens (primary N) is 1. The van der Waals surface area contributed by atoms with Crippen molar-refractivity contribution in [3.63, 3.8) is 0 Å². The van der Waals surface area contributed by atoms with E-state index in [0.717, 1.165) is 76.0 Å². The normalized spacial score (nSPS) is 16.7. The van der Waals surface area contributed by atoms with Gasteiger partial charge in [0.25, 0.3) is 0 Å². The van der Waals surface area contributed by atoms with Gasteiger partial charge in [0.2, 0.25) is 5.95 Å². The summed E-state index contributed by atoms with van der Waals surface area (Å²) in [6.07, 6.45) is 5.08. The Balaban J connectivity index is 1.64. The quantitative estimate of drug-likeness (QED) is 0.656. The molecule has 0 radical (unpaired) electrons. The highest BCUT2D eigenvalue weighted by Gasteiger charge is 2.25. The molecule has 8 heteroatoms. The predicted molar refractivity (Wildman–Crippen MR) is 118 cm³/mol. The number of fused-ring (bicyclic) bond motifs is 1. The van der Waals surface area contributed by atoms with E-state index in [4.69, 9.17) is 5.73 Å². The third kappa shape index (κ3) is 5.36. The average Bonchev–Trinajstić information content (AvgIpc) is 2.97. The zero-order valence-corrected chi connectivity index (χ0v) is 18.5. The largest absolute Gasteiger partial charge is 0.368 e. The fourth-order valence-corrected chi connectivity index (χ4v) is 4.19. The van der Waals surface area contributed by atoms with Crippen molar-refractivity contribution in [3.05, 3.63) is 16.2 Å². The minimum atomic E-state index is -0.116. The Hall–Kier alpha value is -1.93. The highest BCUT2D eigenvalue weighted by Crippen LogP contribution is 2.18. The predicted octanol–water partition coefficient (Wildman–Crippen LogP) is 2.24. The summed E-state index contributed by atoms with van der Waals surface area (Å²) >= 11 is 0. The number of H-pyrrole nitrogens is 1. The van der Waals surface area contributed by atoms with E-state index in [1.807, 2.05) is 4.57 Å². The molecule has 0 saturated carbocycles. The van der Waals surface area contributed by atoms with E-state index in [1.54, 1.807) is 0 Å². The molecule has 0 amide bonds. The number of piperazine rings is 1. The molecule has 2 aromatic heterocycles. The number of unbranched alkanes of at least 4 members (excludes halogenated alkanes) is 2. The lowest BCUT2D eigenvalue weighted by Crippen LogP contribution is -2.53. The maximum atomic E-state index is 12.5. The van der Waals surface area contributed by atoms with E-state index in [0.29, 0.717) is 12.2 Å². The summed E-state index contributed by atoms with van der Waals surface area (Å²) in [5.41, 5.74) is 8.26. The lowest BCUT2D eigenvalue weighted by molar-refractivity contribution is 0.0614. The van der Waals surface area contributed by atoms with Gasteiger partial charge in [-0.15, -0.1) is 0 Å². The van der Waals surface area contributed by atoms with Crippen LogP contribution in [-0.2, 0) is 13.0 Å². The zero-order chi connectivity index (χ0) is 21.0. The van der Waals surface area contributed by atoms with Crippen LogP contribution in [0.1, 0.15) is 59.1 Å². The summed E-state index contributed by atoms with van der Waals surface area (Å²) in [4.78, 5) is 29.1. The van der Waals surface area contributed by atoms with Gasteiger partial charge < -0.3 is 10.6 Å². The average molecular weight is 404 g/mol. The number of imidazole rings is 1. The molecule has 0 aromatic carbocycles. The van der Waals surface area contributed by atoms with Crippen LogP contribution in [0.2, 0.25) is 0 Å². The zero-order valence-electron chi connectivity index (χ0n) is 18.5. The summed E-state index contributed by atoms with van der Waals surface area (Å²) in [5, 5.41) is 0. The number of hydrogen-bond acceptors (Lipinski definition) is 6. The SMILES string of the molecule is CCCCCc1nc(N)nc2[nH]c(=O)n(CCCN3CCN(C(C)(C)C)CC3)c12. The lowest BCUT2D eigenvalue weighted by atomic mass is 10.0. The van der Waals surface area contributed by atoms with Crippen molar-refractivity contribution in [1.29, 1.82) is 0 Å². The minimum absolute atomic E-state index is 0.116. The van der Waals surface area contributed by atoms with Gasteiger partial charge in [-0.25, -0.2) is 9.78 Å². The first-order valence-electron chi connectivity index (χ1n) is 11.0. The molecule has 162 valence electrons. The lowest BCUT2D eigenvalue weighted by Gasteiger charge is -2.42. The van der Waals surface area contributed by atoms with Crippen LogP contribution >= 0.6 is 0 Å². The molecule has 2 aromatic rings. The smallest absolute Gasteiger partial charge is 0.327 e. The van der Waals surface area contributed by atoms with Crippen LogP contribution in [0.25, 0.3) is 11.2 Å². The van der Waals surface area contributed by atoms with Crippen LogP contribution in [0.15, 0.2) is 4.79 Å². The number of aryl methyl sites for hydroxylation is 2. The van der Waals surface area contributed by atoms with Crippen LogP contribution in [0.3, 0.4) is 0 Å². The Kier molecular flexibility index (Phi) is 6.95. The third-order valence-electron chi connectivity index (χ3n) is 5.91. The molecular weight excluding hydrogens is 366 g/mol. The number of anilines is 1. The Morgan fingerprint density at radius 2 is 1.76 bits per heavy atom. The fraction of sp³-hybridized carbons (Fsp3) is 0.762. The van der Waals surface area contributed by atoms with Gasteiger partial charge >= 0.3 is 5.69 Å². The first-order chi connectivity index (χ1) is 13.8. The van der Waals surface area contributed by atoms with Crippen molar-refractivity contribution < 1.29 is 0 Å². The molecule has 29 heavy (non-hydrogen) atoms. The highest BCUT2D eigenvalue weighted by molar-refractivity contribution is 5.74. The number of aromatic amines is 1. The van der Waals surface area contributed by atoms with Crippen molar-refractivity contribution in [2.45, 2.75) is 71.9 Å². The van der Waals surface area contributed by atoms with Gasteiger partial charge in [-0.05, 0) is 46.6 Å². The van der Waals surface area contributed by atoms with Crippen LogP contribution in [0.5, 0.6) is 0 Å². The standard InChI is InChI=1S/C21H37N7O/c1-5-6-7-9-16-17-18(24-19(22)23-16)25-20(29)28(17)11-8-10-26-12-14-27(15-13-26)21(2,3)4/h5-15H2,1-4H3,(H3,22,23,24,25,29).